The van der Waals surface area contributed by atoms with Gasteiger partial charge in [-0.25, -0.2) is 0 Å². The topological polar surface area (TPSA) is 86.7 Å². The molecule has 0 aromatic heterocycles. The van der Waals surface area contributed by atoms with Crippen LogP contribution in [0.2, 0.25) is 0 Å². The third-order valence-electron chi connectivity index (χ3n) is 2.49. The SMILES string of the molecule is C.C.O=C1CC(CC2CC(=O)OC2=O)C(=O)O1. The molecule has 96 valence electrons. The molecule has 2 fully saturated rings. The largest absolute Gasteiger partial charge is 0.393 e. The third-order valence-corrected chi connectivity index (χ3v) is 2.49. The predicted octanol–water partition coefficient (Wildman–Crippen LogP) is 0.828. The Morgan fingerprint density at radius 1 is 0.824 bits per heavy atom. The van der Waals surface area contributed by atoms with Crippen LogP contribution in [-0.4, -0.2) is 23.9 Å². The summed E-state index contributed by atoms with van der Waals surface area (Å²) in [5.74, 6) is -3.62. The molecule has 0 bridgehead atoms. The van der Waals surface area contributed by atoms with E-state index in [0.29, 0.717) is 0 Å². The lowest BCUT2D eigenvalue weighted by Crippen LogP contribution is -2.16. The van der Waals surface area contributed by atoms with E-state index in [1.165, 1.54) is 0 Å². The first-order valence-electron chi connectivity index (χ1n) is 4.55. The van der Waals surface area contributed by atoms with Gasteiger partial charge in [0, 0.05) is 0 Å². The average Bonchev–Trinajstić information content (AvgIpc) is 2.58. The molecule has 2 rings (SSSR count). The van der Waals surface area contributed by atoms with E-state index >= 15 is 0 Å². The highest BCUT2D eigenvalue weighted by molar-refractivity contribution is 5.97. The number of hydrogen-bond acceptors (Lipinski definition) is 6. The van der Waals surface area contributed by atoms with Gasteiger partial charge in [0.05, 0.1) is 24.7 Å². The molecule has 2 aliphatic rings. The molecule has 0 aromatic rings. The number of hydrogen-bond donors (Lipinski definition) is 0. The molecule has 2 saturated heterocycles. The molecule has 0 saturated carbocycles. The van der Waals surface area contributed by atoms with Crippen molar-refractivity contribution >= 4 is 23.9 Å². The molecule has 6 nitrogen and oxygen atoms in total. The number of ether oxygens (including phenoxy) is 2. The zero-order valence-corrected chi connectivity index (χ0v) is 7.73. The Balaban J connectivity index is 0.00000128. The van der Waals surface area contributed by atoms with Crippen molar-refractivity contribution in [2.75, 3.05) is 0 Å². The van der Waals surface area contributed by atoms with Crippen molar-refractivity contribution in [1.29, 1.82) is 0 Å². The molecule has 0 amide bonds. The second kappa shape index (κ2) is 5.56. The summed E-state index contributed by atoms with van der Waals surface area (Å²) >= 11 is 0. The van der Waals surface area contributed by atoms with Gasteiger partial charge >= 0.3 is 23.9 Å². The lowest BCUT2D eigenvalue weighted by Gasteiger charge is -2.06. The fraction of sp³-hybridized carbons (Fsp3) is 0.636. The summed E-state index contributed by atoms with van der Waals surface area (Å²) < 4.78 is 8.66. The predicted molar refractivity (Wildman–Crippen MR) is 56.5 cm³/mol. The highest BCUT2D eigenvalue weighted by Crippen LogP contribution is 2.29. The summed E-state index contributed by atoms with van der Waals surface area (Å²) in [5.41, 5.74) is 0. The minimum absolute atomic E-state index is 0. The summed E-state index contributed by atoms with van der Waals surface area (Å²) in [4.78, 5) is 43.7. The molecule has 0 aromatic carbocycles. The first-order chi connectivity index (χ1) is 7.06. The van der Waals surface area contributed by atoms with Crippen LogP contribution in [-0.2, 0) is 28.7 Å². The van der Waals surface area contributed by atoms with Crippen molar-refractivity contribution in [1.82, 2.24) is 0 Å². The van der Waals surface area contributed by atoms with Gasteiger partial charge in [-0.3, -0.25) is 19.2 Å². The van der Waals surface area contributed by atoms with Crippen LogP contribution in [0.3, 0.4) is 0 Å². The van der Waals surface area contributed by atoms with Gasteiger partial charge in [0.2, 0.25) is 0 Å². The molecule has 2 atom stereocenters. The highest BCUT2D eigenvalue weighted by Gasteiger charge is 2.41. The van der Waals surface area contributed by atoms with E-state index in [0.717, 1.165) is 0 Å². The van der Waals surface area contributed by atoms with Crippen molar-refractivity contribution in [3.63, 3.8) is 0 Å². The van der Waals surface area contributed by atoms with Gasteiger partial charge in [0.1, 0.15) is 0 Å². The zero-order valence-electron chi connectivity index (χ0n) is 7.73. The van der Waals surface area contributed by atoms with E-state index in [-0.39, 0.29) is 34.1 Å². The minimum Gasteiger partial charge on any atom is -0.393 e. The van der Waals surface area contributed by atoms with Crippen LogP contribution in [0.5, 0.6) is 0 Å². The quantitative estimate of drug-likeness (QED) is 0.528. The fourth-order valence-electron chi connectivity index (χ4n) is 1.75. The molecular weight excluding hydrogens is 228 g/mol. The normalized spacial score (nSPS) is 27.1. The molecule has 2 unspecified atom stereocenters. The van der Waals surface area contributed by atoms with Gasteiger partial charge in [-0.2, -0.15) is 0 Å². The van der Waals surface area contributed by atoms with Crippen LogP contribution < -0.4 is 0 Å². The number of cyclic esters (lactones) is 4. The molecule has 17 heavy (non-hydrogen) atoms. The summed E-state index contributed by atoms with van der Waals surface area (Å²) in [6.45, 7) is 0. The van der Waals surface area contributed by atoms with Crippen molar-refractivity contribution in [2.24, 2.45) is 11.8 Å². The van der Waals surface area contributed by atoms with Crippen LogP contribution in [0, 0.1) is 11.8 Å². The van der Waals surface area contributed by atoms with Gasteiger partial charge in [-0.05, 0) is 6.42 Å². The molecule has 0 spiro atoms. The lowest BCUT2D eigenvalue weighted by atomic mass is 9.92. The molecule has 0 N–H and O–H groups in total. The Kier molecular flexibility index (Phi) is 5.00. The van der Waals surface area contributed by atoms with Crippen molar-refractivity contribution in [3.05, 3.63) is 0 Å². The van der Waals surface area contributed by atoms with E-state index in [1.807, 2.05) is 0 Å². The van der Waals surface area contributed by atoms with Crippen LogP contribution >= 0.6 is 0 Å². The molecule has 0 aliphatic carbocycles. The van der Waals surface area contributed by atoms with Gasteiger partial charge in [-0.15, -0.1) is 0 Å². The summed E-state index contributed by atoms with van der Waals surface area (Å²) in [6, 6.07) is 0. The fourth-order valence-corrected chi connectivity index (χ4v) is 1.75. The highest BCUT2D eigenvalue weighted by atomic mass is 16.6. The van der Waals surface area contributed by atoms with Gasteiger partial charge in [0.15, 0.2) is 0 Å². The Labute approximate surface area is 99.3 Å². The first kappa shape index (κ1) is 15.3. The second-order valence-electron chi connectivity index (χ2n) is 3.62. The van der Waals surface area contributed by atoms with E-state index in [4.69, 9.17) is 0 Å². The second-order valence-corrected chi connectivity index (χ2v) is 3.62. The number of carbonyl (C=O) groups is 4. The third kappa shape index (κ3) is 3.12. The van der Waals surface area contributed by atoms with E-state index < -0.39 is 35.7 Å². The van der Waals surface area contributed by atoms with E-state index in [1.54, 1.807) is 0 Å². The molecule has 0 radical (unpaired) electrons. The monoisotopic (exact) mass is 244 g/mol. The van der Waals surface area contributed by atoms with Gasteiger partial charge in [-0.1, -0.05) is 14.9 Å². The van der Waals surface area contributed by atoms with Crippen LogP contribution in [0.25, 0.3) is 0 Å². The van der Waals surface area contributed by atoms with Gasteiger partial charge < -0.3 is 9.47 Å². The van der Waals surface area contributed by atoms with Crippen LogP contribution in [0.4, 0.5) is 0 Å². The Morgan fingerprint density at radius 3 is 1.41 bits per heavy atom. The average molecular weight is 244 g/mol. The maximum atomic E-state index is 11.1. The first-order valence-corrected chi connectivity index (χ1v) is 4.55. The molecule has 6 heteroatoms. The minimum atomic E-state index is -0.618. The molecular formula is C11H16O6. The van der Waals surface area contributed by atoms with Crippen LogP contribution in [0.1, 0.15) is 34.1 Å². The number of esters is 4. The summed E-state index contributed by atoms with van der Waals surface area (Å²) in [6.07, 6.45) is 0.114. The summed E-state index contributed by atoms with van der Waals surface area (Å²) in [7, 11) is 0. The number of rotatable bonds is 2. The maximum Gasteiger partial charge on any atom is 0.317 e. The van der Waals surface area contributed by atoms with E-state index in [2.05, 4.69) is 9.47 Å². The maximum absolute atomic E-state index is 11.1. The smallest absolute Gasteiger partial charge is 0.317 e. The number of carbonyl (C=O) groups excluding carboxylic acids is 4. The standard InChI is InChI=1S/C9H8O6.2CH4/c10-6-2-4(8(12)14-6)1-5-3-7(11)15-9(5)13;;/h4-5H,1-3H2;2*1H4. The Bertz CT molecular complexity index is 325. The van der Waals surface area contributed by atoms with Crippen LogP contribution in [0.15, 0.2) is 0 Å². The van der Waals surface area contributed by atoms with Gasteiger partial charge in [0.25, 0.3) is 0 Å². The summed E-state index contributed by atoms with van der Waals surface area (Å²) in [5, 5.41) is 0. The Hall–Kier alpha value is -1.72. The molecule has 2 aliphatic heterocycles. The van der Waals surface area contributed by atoms with Crippen molar-refractivity contribution in [2.45, 2.75) is 34.1 Å². The van der Waals surface area contributed by atoms with E-state index in [9.17, 15) is 19.2 Å². The van der Waals surface area contributed by atoms with Crippen molar-refractivity contribution < 1.29 is 28.7 Å². The lowest BCUT2D eigenvalue weighted by molar-refractivity contribution is -0.153. The molecule has 2 heterocycles. The van der Waals surface area contributed by atoms with Crippen molar-refractivity contribution in [3.8, 4) is 0 Å². The Morgan fingerprint density at radius 2 is 1.18 bits per heavy atom. The zero-order chi connectivity index (χ0) is 11.0.